The summed E-state index contributed by atoms with van der Waals surface area (Å²) in [5, 5.41) is 0.827. The van der Waals surface area contributed by atoms with Crippen LogP contribution in [-0.4, -0.2) is 42.9 Å². The van der Waals surface area contributed by atoms with E-state index in [1.165, 1.54) is 4.31 Å². The number of benzene rings is 1. The second-order valence-electron chi connectivity index (χ2n) is 5.25. The molecule has 0 bridgehead atoms. The molecule has 1 aliphatic rings. The zero-order valence-corrected chi connectivity index (χ0v) is 13.1. The molecule has 0 aliphatic carbocycles. The van der Waals surface area contributed by atoms with Crippen LogP contribution in [-0.2, 0) is 19.6 Å². The summed E-state index contributed by atoms with van der Waals surface area (Å²) in [5.74, 6) is -0.466. The minimum Gasteiger partial charge on any atom is -0.465 e. The van der Waals surface area contributed by atoms with E-state index in [4.69, 9.17) is 4.74 Å². The van der Waals surface area contributed by atoms with Crippen molar-refractivity contribution in [2.24, 2.45) is 0 Å². The van der Waals surface area contributed by atoms with Crippen LogP contribution in [0, 0.1) is 0 Å². The smallest absolute Gasteiger partial charge is 0.324 e. The van der Waals surface area contributed by atoms with Gasteiger partial charge in [-0.1, -0.05) is 0 Å². The predicted molar refractivity (Wildman–Crippen MR) is 81.8 cm³/mol. The van der Waals surface area contributed by atoms with Gasteiger partial charge in [0, 0.05) is 23.6 Å². The summed E-state index contributed by atoms with van der Waals surface area (Å²) in [6, 6.07) is 6.03. The van der Waals surface area contributed by atoms with E-state index in [1.807, 2.05) is 6.07 Å². The van der Waals surface area contributed by atoms with E-state index in [0.717, 1.165) is 10.9 Å². The summed E-state index contributed by atoms with van der Waals surface area (Å²) >= 11 is 0. The molecule has 1 atom stereocenters. The summed E-state index contributed by atoms with van der Waals surface area (Å²) in [7, 11) is -3.70. The number of rotatable bonds is 4. The molecule has 0 unspecified atom stereocenters. The van der Waals surface area contributed by atoms with E-state index in [-0.39, 0.29) is 11.5 Å². The fourth-order valence-corrected chi connectivity index (χ4v) is 4.51. The number of nitrogens with one attached hydrogen (secondary N) is 1. The minimum atomic E-state index is -3.70. The summed E-state index contributed by atoms with van der Waals surface area (Å²) in [6.45, 7) is 2.31. The third kappa shape index (κ3) is 2.50. The van der Waals surface area contributed by atoms with Crippen LogP contribution in [0.1, 0.15) is 19.8 Å². The lowest BCUT2D eigenvalue weighted by Gasteiger charge is -2.22. The van der Waals surface area contributed by atoms with Crippen LogP contribution in [0.2, 0.25) is 0 Å². The van der Waals surface area contributed by atoms with Crippen molar-refractivity contribution < 1.29 is 17.9 Å². The molecule has 2 aromatic rings. The first-order chi connectivity index (χ1) is 10.5. The van der Waals surface area contributed by atoms with Crippen LogP contribution < -0.4 is 0 Å². The number of carbonyl (C=O) groups is 1. The highest BCUT2D eigenvalue weighted by atomic mass is 32.2. The molecular formula is C15H18N2O4S. The number of esters is 1. The summed E-state index contributed by atoms with van der Waals surface area (Å²) in [4.78, 5) is 15.2. The van der Waals surface area contributed by atoms with Crippen molar-refractivity contribution in [1.82, 2.24) is 9.29 Å². The van der Waals surface area contributed by atoms with Gasteiger partial charge in [-0.2, -0.15) is 4.31 Å². The number of carbonyl (C=O) groups excluding carboxylic acids is 1. The van der Waals surface area contributed by atoms with Gasteiger partial charge in [0.05, 0.1) is 11.5 Å². The SMILES string of the molecule is CCOC(=O)[C@H]1CCCN1S(=O)(=O)c1ccc2[nH]ccc2c1. The molecule has 3 rings (SSSR count). The van der Waals surface area contributed by atoms with Crippen molar-refractivity contribution in [3.8, 4) is 0 Å². The number of aromatic amines is 1. The number of nitrogens with zero attached hydrogens (tertiary/aromatic N) is 1. The highest BCUT2D eigenvalue weighted by Crippen LogP contribution is 2.28. The van der Waals surface area contributed by atoms with Gasteiger partial charge < -0.3 is 9.72 Å². The first-order valence-corrected chi connectivity index (χ1v) is 8.73. The van der Waals surface area contributed by atoms with Crippen LogP contribution >= 0.6 is 0 Å². The number of sulfonamides is 1. The largest absolute Gasteiger partial charge is 0.465 e. The average Bonchev–Trinajstić information content (AvgIpc) is 3.16. The number of fused-ring (bicyclic) bond motifs is 1. The number of hydrogen-bond donors (Lipinski definition) is 1. The quantitative estimate of drug-likeness (QED) is 0.872. The van der Waals surface area contributed by atoms with Gasteiger partial charge in [-0.05, 0) is 44.0 Å². The van der Waals surface area contributed by atoms with Crippen LogP contribution in [0.3, 0.4) is 0 Å². The maximum atomic E-state index is 12.8. The Labute approximate surface area is 129 Å². The van der Waals surface area contributed by atoms with Crippen LogP contribution in [0.4, 0.5) is 0 Å². The summed E-state index contributed by atoms with van der Waals surface area (Å²) in [6.07, 6.45) is 2.93. The van der Waals surface area contributed by atoms with Crippen molar-refractivity contribution in [2.75, 3.05) is 13.2 Å². The van der Waals surface area contributed by atoms with Gasteiger partial charge >= 0.3 is 5.97 Å². The Morgan fingerprint density at radius 2 is 2.23 bits per heavy atom. The molecule has 2 heterocycles. The fraction of sp³-hybridized carbons (Fsp3) is 0.400. The molecule has 0 amide bonds. The van der Waals surface area contributed by atoms with Crippen molar-refractivity contribution in [1.29, 1.82) is 0 Å². The molecule has 0 radical (unpaired) electrons. The van der Waals surface area contributed by atoms with E-state index < -0.39 is 22.0 Å². The standard InChI is InChI=1S/C15H18N2O4S/c1-2-21-15(18)14-4-3-9-17(14)22(19,20)12-5-6-13-11(10-12)7-8-16-13/h5-8,10,14,16H,2-4,9H2,1H3/t14-/m1/s1. The van der Waals surface area contributed by atoms with Gasteiger partial charge in [0.25, 0.3) is 0 Å². The number of aromatic nitrogens is 1. The highest BCUT2D eigenvalue weighted by Gasteiger charge is 2.40. The third-order valence-corrected chi connectivity index (χ3v) is 5.80. The molecule has 1 fully saturated rings. The Balaban J connectivity index is 1.95. The maximum absolute atomic E-state index is 12.8. The Morgan fingerprint density at radius 1 is 1.41 bits per heavy atom. The monoisotopic (exact) mass is 322 g/mol. The van der Waals surface area contributed by atoms with E-state index in [2.05, 4.69) is 4.98 Å². The van der Waals surface area contributed by atoms with Gasteiger partial charge in [0.15, 0.2) is 0 Å². The zero-order chi connectivity index (χ0) is 15.7. The predicted octanol–water partition coefficient (Wildman–Crippen LogP) is 1.88. The molecule has 7 heteroatoms. The molecule has 22 heavy (non-hydrogen) atoms. The average molecular weight is 322 g/mol. The molecule has 118 valence electrons. The summed E-state index contributed by atoms with van der Waals surface area (Å²) in [5.41, 5.74) is 0.877. The second kappa shape index (κ2) is 5.73. The van der Waals surface area contributed by atoms with Gasteiger partial charge in [-0.3, -0.25) is 4.79 Å². The topological polar surface area (TPSA) is 79.5 Å². The lowest BCUT2D eigenvalue weighted by Crippen LogP contribution is -2.41. The molecule has 1 saturated heterocycles. The number of hydrogen-bond acceptors (Lipinski definition) is 4. The van der Waals surface area contributed by atoms with Gasteiger partial charge in [-0.25, -0.2) is 8.42 Å². The van der Waals surface area contributed by atoms with Crippen LogP contribution in [0.15, 0.2) is 35.4 Å². The van der Waals surface area contributed by atoms with Gasteiger partial charge in [-0.15, -0.1) is 0 Å². The maximum Gasteiger partial charge on any atom is 0.324 e. The van der Waals surface area contributed by atoms with Crippen molar-refractivity contribution in [2.45, 2.75) is 30.7 Å². The van der Waals surface area contributed by atoms with Crippen molar-refractivity contribution >= 4 is 26.9 Å². The van der Waals surface area contributed by atoms with Crippen molar-refractivity contribution in [3.63, 3.8) is 0 Å². The normalized spacial score (nSPS) is 19.6. The molecule has 1 aromatic carbocycles. The molecule has 0 saturated carbocycles. The van der Waals surface area contributed by atoms with E-state index in [9.17, 15) is 13.2 Å². The summed E-state index contributed by atoms with van der Waals surface area (Å²) < 4.78 is 31.9. The third-order valence-electron chi connectivity index (χ3n) is 3.89. The van der Waals surface area contributed by atoms with Gasteiger partial charge in [0.2, 0.25) is 10.0 Å². The Kier molecular flexibility index (Phi) is 3.92. The Morgan fingerprint density at radius 3 is 3.00 bits per heavy atom. The minimum absolute atomic E-state index is 0.204. The number of ether oxygens (including phenoxy) is 1. The number of H-pyrrole nitrogens is 1. The van der Waals surface area contributed by atoms with Crippen LogP contribution in [0.5, 0.6) is 0 Å². The molecular weight excluding hydrogens is 304 g/mol. The molecule has 6 nitrogen and oxygen atoms in total. The Hall–Kier alpha value is -1.86. The van der Waals surface area contributed by atoms with Crippen LogP contribution in [0.25, 0.3) is 10.9 Å². The lowest BCUT2D eigenvalue weighted by atomic mass is 10.2. The highest BCUT2D eigenvalue weighted by molar-refractivity contribution is 7.89. The molecule has 1 N–H and O–H groups in total. The Bertz CT molecular complexity index is 797. The van der Waals surface area contributed by atoms with E-state index in [1.54, 1.807) is 31.3 Å². The van der Waals surface area contributed by atoms with Crippen molar-refractivity contribution in [3.05, 3.63) is 30.5 Å². The zero-order valence-electron chi connectivity index (χ0n) is 12.3. The first kappa shape index (κ1) is 15.1. The van der Waals surface area contributed by atoms with E-state index >= 15 is 0 Å². The van der Waals surface area contributed by atoms with Gasteiger partial charge in [0.1, 0.15) is 6.04 Å². The molecule has 0 spiro atoms. The molecule has 1 aromatic heterocycles. The lowest BCUT2D eigenvalue weighted by molar-refractivity contribution is -0.146. The first-order valence-electron chi connectivity index (χ1n) is 7.29. The fourth-order valence-electron chi connectivity index (χ4n) is 2.83. The second-order valence-corrected chi connectivity index (χ2v) is 7.14. The van der Waals surface area contributed by atoms with E-state index in [0.29, 0.717) is 19.4 Å². The molecule has 1 aliphatic heterocycles.